The molecule has 1 aromatic carbocycles. The van der Waals surface area contributed by atoms with E-state index in [-0.39, 0.29) is 24.9 Å². The largest absolute Gasteiger partial charge is 0.352 e. The van der Waals surface area contributed by atoms with Crippen LogP contribution in [0, 0.1) is 5.82 Å². The molecule has 0 heterocycles. The third kappa shape index (κ3) is 3.79. The number of benzene rings is 1. The van der Waals surface area contributed by atoms with E-state index in [4.69, 9.17) is 17.3 Å². The molecule has 88 valence electrons. The van der Waals surface area contributed by atoms with E-state index in [9.17, 15) is 9.18 Å². The van der Waals surface area contributed by atoms with Crippen molar-refractivity contribution in [3.63, 3.8) is 0 Å². The van der Waals surface area contributed by atoms with Crippen molar-refractivity contribution in [3.05, 3.63) is 34.6 Å². The van der Waals surface area contributed by atoms with Gasteiger partial charge in [-0.1, -0.05) is 17.7 Å². The van der Waals surface area contributed by atoms with E-state index >= 15 is 0 Å². The summed E-state index contributed by atoms with van der Waals surface area (Å²) in [4.78, 5) is 11.3. The Morgan fingerprint density at radius 2 is 2.31 bits per heavy atom. The van der Waals surface area contributed by atoms with Crippen LogP contribution in [0.1, 0.15) is 18.9 Å². The van der Waals surface area contributed by atoms with E-state index in [1.165, 1.54) is 12.1 Å². The first kappa shape index (κ1) is 12.9. The van der Waals surface area contributed by atoms with Crippen molar-refractivity contribution in [2.45, 2.75) is 25.9 Å². The van der Waals surface area contributed by atoms with Gasteiger partial charge in [-0.2, -0.15) is 0 Å². The number of nitrogens with two attached hydrogens (primary N) is 1. The lowest BCUT2D eigenvalue weighted by Crippen LogP contribution is -2.29. The molecule has 0 bridgehead atoms. The van der Waals surface area contributed by atoms with Crippen molar-refractivity contribution in [1.82, 2.24) is 5.32 Å². The highest BCUT2D eigenvalue weighted by atomic mass is 35.5. The van der Waals surface area contributed by atoms with Gasteiger partial charge in [-0.25, -0.2) is 4.39 Å². The van der Waals surface area contributed by atoms with E-state index in [1.54, 1.807) is 13.0 Å². The van der Waals surface area contributed by atoms with Gasteiger partial charge in [-0.05, 0) is 19.1 Å². The Morgan fingerprint density at radius 1 is 1.62 bits per heavy atom. The summed E-state index contributed by atoms with van der Waals surface area (Å²) in [5.74, 6) is -0.636. The average Bonchev–Trinajstić information content (AvgIpc) is 2.15. The van der Waals surface area contributed by atoms with Crippen LogP contribution in [0.2, 0.25) is 5.02 Å². The van der Waals surface area contributed by atoms with Crippen LogP contribution in [-0.4, -0.2) is 11.9 Å². The minimum atomic E-state index is -0.423. The van der Waals surface area contributed by atoms with E-state index in [1.807, 2.05) is 0 Å². The van der Waals surface area contributed by atoms with Crippen LogP contribution in [0.25, 0.3) is 0 Å². The minimum Gasteiger partial charge on any atom is -0.352 e. The Hall–Kier alpha value is -1.13. The van der Waals surface area contributed by atoms with Crippen LogP contribution >= 0.6 is 11.6 Å². The SMILES string of the molecule is CC(N)CC(=O)NCc1c(F)cccc1Cl. The molecule has 0 radical (unpaired) electrons. The number of hydrogen-bond acceptors (Lipinski definition) is 2. The molecule has 0 aliphatic carbocycles. The molecule has 1 atom stereocenters. The summed E-state index contributed by atoms with van der Waals surface area (Å²) in [5.41, 5.74) is 5.75. The molecule has 0 spiro atoms. The van der Waals surface area contributed by atoms with Crippen LogP contribution in [-0.2, 0) is 11.3 Å². The summed E-state index contributed by atoms with van der Waals surface area (Å²) in [5, 5.41) is 2.88. The van der Waals surface area contributed by atoms with Crippen molar-refractivity contribution in [3.8, 4) is 0 Å². The first-order valence-corrected chi connectivity index (χ1v) is 5.33. The zero-order valence-electron chi connectivity index (χ0n) is 8.97. The fourth-order valence-corrected chi connectivity index (χ4v) is 1.48. The summed E-state index contributed by atoms with van der Waals surface area (Å²) in [6.45, 7) is 1.81. The average molecular weight is 245 g/mol. The molecule has 3 N–H and O–H groups in total. The van der Waals surface area contributed by atoms with Gasteiger partial charge in [0.15, 0.2) is 0 Å². The Labute approximate surface area is 98.8 Å². The number of nitrogens with one attached hydrogen (secondary N) is 1. The lowest BCUT2D eigenvalue weighted by atomic mass is 10.2. The Bertz CT molecular complexity index is 362. The van der Waals surface area contributed by atoms with Crippen LogP contribution in [0.4, 0.5) is 4.39 Å². The predicted molar refractivity (Wildman–Crippen MR) is 61.5 cm³/mol. The molecule has 0 aliphatic rings. The van der Waals surface area contributed by atoms with Crippen molar-refractivity contribution in [1.29, 1.82) is 0 Å². The van der Waals surface area contributed by atoms with Gasteiger partial charge in [0.25, 0.3) is 0 Å². The number of carbonyl (C=O) groups is 1. The van der Waals surface area contributed by atoms with Gasteiger partial charge >= 0.3 is 0 Å². The Morgan fingerprint density at radius 3 is 2.88 bits per heavy atom. The molecule has 5 heteroatoms. The molecular weight excluding hydrogens is 231 g/mol. The van der Waals surface area contributed by atoms with E-state index in [0.29, 0.717) is 10.6 Å². The van der Waals surface area contributed by atoms with Crippen LogP contribution in [0.3, 0.4) is 0 Å². The quantitative estimate of drug-likeness (QED) is 0.849. The monoisotopic (exact) mass is 244 g/mol. The molecule has 16 heavy (non-hydrogen) atoms. The lowest BCUT2D eigenvalue weighted by Gasteiger charge is -2.09. The number of hydrogen-bond donors (Lipinski definition) is 2. The molecule has 0 aliphatic heterocycles. The van der Waals surface area contributed by atoms with Gasteiger partial charge < -0.3 is 11.1 Å². The number of rotatable bonds is 4. The van der Waals surface area contributed by atoms with Gasteiger partial charge in [0.05, 0.1) is 0 Å². The van der Waals surface area contributed by atoms with Gasteiger partial charge in [0, 0.05) is 29.6 Å². The summed E-state index contributed by atoms with van der Waals surface area (Å²) in [7, 11) is 0. The second-order valence-electron chi connectivity index (χ2n) is 3.66. The van der Waals surface area contributed by atoms with Crippen molar-refractivity contribution in [2.75, 3.05) is 0 Å². The fourth-order valence-electron chi connectivity index (χ4n) is 1.25. The van der Waals surface area contributed by atoms with Crippen LogP contribution in [0.5, 0.6) is 0 Å². The molecule has 0 aromatic heterocycles. The van der Waals surface area contributed by atoms with Gasteiger partial charge in [0.2, 0.25) is 5.91 Å². The van der Waals surface area contributed by atoms with Gasteiger partial charge in [-0.15, -0.1) is 0 Å². The molecular formula is C11H14ClFN2O. The Kier molecular flexibility index (Phi) is 4.71. The smallest absolute Gasteiger partial charge is 0.221 e. The molecule has 1 rings (SSSR count). The zero-order valence-corrected chi connectivity index (χ0v) is 9.72. The molecule has 1 amide bonds. The molecule has 0 saturated heterocycles. The predicted octanol–water partition coefficient (Wildman–Crippen LogP) is 1.83. The molecule has 0 fully saturated rings. The third-order valence-electron chi connectivity index (χ3n) is 2.03. The maximum absolute atomic E-state index is 13.3. The number of carbonyl (C=O) groups excluding carboxylic acids is 1. The van der Waals surface area contributed by atoms with Crippen LogP contribution in [0.15, 0.2) is 18.2 Å². The minimum absolute atomic E-state index is 0.0804. The van der Waals surface area contributed by atoms with E-state index < -0.39 is 5.82 Å². The maximum Gasteiger partial charge on any atom is 0.221 e. The molecule has 1 unspecified atom stereocenters. The highest BCUT2D eigenvalue weighted by Gasteiger charge is 2.09. The van der Waals surface area contributed by atoms with E-state index in [0.717, 1.165) is 0 Å². The van der Waals surface area contributed by atoms with Crippen molar-refractivity contribution in [2.24, 2.45) is 5.73 Å². The number of amides is 1. The van der Waals surface area contributed by atoms with Crippen molar-refractivity contribution < 1.29 is 9.18 Å². The third-order valence-corrected chi connectivity index (χ3v) is 2.39. The summed E-state index contributed by atoms with van der Waals surface area (Å²) < 4.78 is 13.3. The normalized spacial score (nSPS) is 12.2. The van der Waals surface area contributed by atoms with Gasteiger partial charge in [0.1, 0.15) is 5.82 Å². The van der Waals surface area contributed by atoms with Crippen LogP contribution < -0.4 is 11.1 Å². The first-order chi connectivity index (χ1) is 7.50. The van der Waals surface area contributed by atoms with Crippen molar-refractivity contribution >= 4 is 17.5 Å². The second-order valence-corrected chi connectivity index (χ2v) is 4.07. The summed E-state index contributed by atoms with van der Waals surface area (Å²) in [6.07, 6.45) is 0.214. The number of halogens is 2. The maximum atomic E-state index is 13.3. The Balaban J connectivity index is 2.58. The second kappa shape index (κ2) is 5.82. The van der Waals surface area contributed by atoms with E-state index in [2.05, 4.69) is 5.32 Å². The van der Waals surface area contributed by atoms with Gasteiger partial charge in [-0.3, -0.25) is 4.79 Å². The standard InChI is InChI=1S/C11H14ClFN2O/c1-7(14)5-11(16)15-6-8-9(12)3-2-4-10(8)13/h2-4,7H,5-6,14H2,1H3,(H,15,16). The topological polar surface area (TPSA) is 55.1 Å². The fraction of sp³-hybridized carbons (Fsp3) is 0.364. The molecule has 0 saturated carbocycles. The summed E-state index contributed by atoms with van der Waals surface area (Å²) in [6, 6.07) is 4.19. The lowest BCUT2D eigenvalue weighted by molar-refractivity contribution is -0.121. The summed E-state index contributed by atoms with van der Waals surface area (Å²) >= 11 is 5.80. The first-order valence-electron chi connectivity index (χ1n) is 4.96. The zero-order chi connectivity index (χ0) is 12.1. The molecule has 1 aromatic rings. The highest BCUT2D eigenvalue weighted by Crippen LogP contribution is 2.18. The molecule has 3 nitrogen and oxygen atoms in total. The highest BCUT2D eigenvalue weighted by molar-refractivity contribution is 6.31.